The molecule has 0 spiro atoms. The highest BCUT2D eigenvalue weighted by Crippen LogP contribution is 2.11. The molecule has 1 aromatic rings. The number of hydrogen-bond acceptors (Lipinski definition) is 3. The van der Waals surface area contributed by atoms with E-state index in [0.717, 1.165) is 24.4 Å². The summed E-state index contributed by atoms with van der Waals surface area (Å²) in [7, 11) is 1.84. The van der Waals surface area contributed by atoms with Crippen LogP contribution in [0.5, 0.6) is 0 Å². The fourth-order valence-electron chi connectivity index (χ4n) is 1.71. The molecule has 0 bridgehead atoms. The van der Waals surface area contributed by atoms with Gasteiger partial charge in [-0.25, -0.2) is 0 Å². The molecule has 0 radical (unpaired) electrons. The number of amides is 1. The molecular formula is C12H21N3O2. The van der Waals surface area contributed by atoms with Crippen LogP contribution < -0.4 is 5.32 Å². The van der Waals surface area contributed by atoms with Gasteiger partial charge in [-0.2, -0.15) is 5.10 Å². The van der Waals surface area contributed by atoms with Gasteiger partial charge in [0.25, 0.3) is 5.91 Å². The van der Waals surface area contributed by atoms with Crippen LogP contribution in [0, 0.1) is 13.8 Å². The Balaban J connectivity index is 2.47. The summed E-state index contributed by atoms with van der Waals surface area (Å²) in [5.74, 6) is -0.0513. The monoisotopic (exact) mass is 239 g/mol. The topological polar surface area (TPSA) is 56.1 Å². The molecule has 1 N–H and O–H groups in total. The highest BCUT2D eigenvalue weighted by Gasteiger charge is 2.16. The van der Waals surface area contributed by atoms with Crippen molar-refractivity contribution in [2.45, 2.75) is 27.2 Å². The van der Waals surface area contributed by atoms with E-state index in [9.17, 15) is 4.79 Å². The summed E-state index contributed by atoms with van der Waals surface area (Å²) in [6, 6.07) is 0. The standard InChI is InChI=1S/C12H21N3O2/c1-5-17-8-6-7-13-12(16)11-9(2)14-15(4)10(11)3/h5-8H2,1-4H3,(H,13,16). The number of nitrogens with zero attached hydrogens (tertiary/aromatic N) is 2. The number of rotatable bonds is 6. The average molecular weight is 239 g/mol. The molecule has 0 aliphatic carbocycles. The van der Waals surface area contributed by atoms with Crippen molar-refractivity contribution in [2.24, 2.45) is 7.05 Å². The lowest BCUT2D eigenvalue weighted by atomic mass is 10.2. The van der Waals surface area contributed by atoms with Crippen LogP contribution in [0.1, 0.15) is 35.1 Å². The van der Waals surface area contributed by atoms with Crippen LogP contribution in [0.2, 0.25) is 0 Å². The number of ether oxygens (including phenoxy) is 1. The Hall–Kier alpha value is -1.36. The average Bonchev–Trinajstić information content (AvgIpc) is 2.53. The van der Waals surface area contributed by atoms with E-state index < -0.39 is 0 Å². The van der Waals surface area contributed by atoms with Crippen molar-refractivity contribution in [3.8, 4) is 0 Å². The minimum absolute atomic E-state index is 0.0513. The van der Waals surface area contributed by atoms with Gasteiger partial charge in [-0.1, -0.05) is 0 Å². The number of aryl methyl sites for hydroxylation is 2. The lowest BCUT2D eigenvalue weighted by Crippen LogP contribution is -2.26. The number of nitrogens with one attached hydrogen (secondary N) is 1. The fraction of sp³-hybridized carbons (Fsp3) is 0.667. The van der Waals surface area contributed by atoms with E-state index in [4.69, 9.17) is 4.74 Å². The smallest absolute Gasteiger partial charge is 0.255 e. The van der Waals surface area contributed by atoms with Crippen molar-refractivity contribution in [2.75, 3.05) is 19.8 Å². The van der Waals surface area contributed by atoms with Crippen LogP contribution in [-0.4, -0.2) is 35.4 Å². The van der Waals surface area contributed by atoms with Gasteiger partial charge < -0.3 is 10.1 Å². The Morgan fingerprint density at radius 3 is 2.71 bits per heavy atom. The molecule has 0 saturated carbocycles. The third kappa shape index (κ3) is 3.56. The predicted octanol–water partition coefficient (Wildman–Crippen LogP) is 1.19. The molecule has 0 aromatic carbocycles. The van der Waals surface area contributed by atoms with Crippen molar-refractivity contribution in [1.82, 2.24) is 15.1 Å². The van der Waals surface area contributed by atoms with Crippen molar-refractivity contribution in [1.29, 1.82) is 0 Å². The van der Waals surface area contributed by atoms with Gasteiger partial charge in [0.05, 0.1) is 11.3 Å². The first-order valence-corrected chi connectivity index (χ1v) is 5.94. The van der Waals surface area contributed by atoms with Crippen molar-refractivity contribution >= 4 is 5.91 Å². The molecule has 5 nitrogen and oxygen atoms in total. The summed E-state index contributed by atoms with van der Waals surface area (Å²) < 4.78 is 6.93. The molecule has 0 atom stereocenters. The molecule has 1 rings (SSSR count). The second kappa shape index (κ2) is 6.39. The van der Waals surface area contributed by atoms with E-state index in [1.54, 1.807) is 4.68 Å². The van der Waals surface area contributed by atoms with Gasteiger partial charge in [0.2, 0.25) is 0 Å². The first-order chi connectivity index (χ1) is 8.07. The zero-order chi connectivity index (χ0) is 12.8. The summed E-state index contributed by atoms with van der Waals surface area (Å²) in [4.78, 5) is 11.9. The molecule has 0 aliphatic rings. The molecule has 1 heterocycles. The summed E-state index contributed by atoms with van der Waals surface area (Å²) in [6.07, 6.45) is 0.831. The number of carbonyl (C=O) groups is 1. The minimum atomic E-state index is -0.0513. The zero-order valence-corrected chi connectivity index (χ0v) is 11.0. The van der Waals surface area contributed by atoms with E-state index in [1.165, 1.54) is 0 Å². The van der Waals surface area contributed by atoms with E-state index in [2.05, 4.69) is 10.4 Å². The van der Waals surface area contributed by atoms with Crippen LogP contribution in [0.4, 0.5) is 0 Å². The summed E-state index contributed by atoms with van der Waals surface area (Å²) in [5.41, 5.74) is 2.35. The van der Waals surface area contributed by atoms with Gasteiger partial charge in [0.1, 0.15) is 0 Å². The molecule has 0 aliphatic heterocycles. The maximum atomic E-state index is 11.9. The fourth-order valence-corrected chi connectivity index (χ4v) is 1.71. The van der Waals surface area contributed by atoms with Crippen molar-refractivity contribution < 1.29 is 9.53 Å². The predicted molar refractivity (Wildman–Crippen MR) is 66.1 cm³/mol. The van der Waals surface area contributed by atoms with Crippen LogP contribution >= 0.6 is 0 Å². The number of hydrogen-bond donors (Lipinski definition) is 1. The van der Waals surface area contributed by atoms with Gasteiger partial charge in [-0.05, 0) is 27.2 Å². The third-order valence-corrected chi connectivity index (χ3v) is 2.69. The normalized spacial score (nSPS) is 10.6. The molecule has 1 amide bonds. The Morgan fingerprint density at radius 1 is 1.47 bits per heavy atom. The largest absolute Gasteiger partial charge is 0.382 e. The summed E-state index contributed by atoms with van der Waals surface area (Å²) in [6.45, 7) is 7.74. The van der Waals surface area contributed by atoms with Gasteiger partial charge in [0, 0.05) is 32.5 Å². The maximum absolute atomic E-state index is 11.9. The van der Waals surface area contributed by atoms with Crippen LogP contribution in [0.25, 0.3) is 0 Å². The van der Waals surface area contributed by atoms with Gasteiger partial charge in [-0.15, -0.1) is 0 Å². The lowest BCUT2D eigenvalue weighted by Gasteiger charge is -2.05. The van der Waals surface area contributed by atoms with Crippen molar-refractivity contribution in [3.63, 3.8) is 0 Å². The van der Waals surface area contributed by atoms with E-state index in [1.807, 2.05) is 27.8 Å². The maximum Gasteiger partial charge on any atom is 0.255 e. The number of carbonyl (C=O) groups excluding carboxylic acids is 1. The minimum Gasteiger partial charge on any atom is -0.382 e. The third-order valence-electron chi connectivity index (χ3n) is 2.69. The molecule has 0 unspecified atom stereocenters. The summed E-state index contributed by atoms with van der Waals surface area (Å²) >= 11 is 0. The molecule has 96 valence electrons. The summed E-state index contributed by atoms with van der Waals surface area (Å²) in [5, 5.41) is 7.10. The Labute approximate surface area is 102 Å². The quantitative estimate of drug-likeness (QED) is 0.759. The molecule has 5 heteroatoms. The Morgan fingerprint density at radius 2 is 2.18 bits per heavy atom. The molecule has 0 saturated heterocycles. The first-order valence-electron chi connectivity index (χ1n) is 5.94. The highest BCUT2D eigenvalue weighted by atomic mass is 16.5. The second-order valence-electron chi connectivity index (χ2n) is 3.98. The first kappa shape index (κ1) is 13.7. The molecule has 17 heavy (non-hydrogen) atoms. The second-order valence-corrected chi connectivity index (χ2v) is 3.98. The zero-order valence-electron chi connectivity index (χ0n) is 11.0. The molecule has 1 aromatic heterocycles. The van der Waals surface area contributed by atoms with Crippen LogP contribution in [0.3, 0.4) is 0 Å². The van der Waals surface area contributed by atoms with Gasteiger partial charge in [0.15, 0.2) is 0 Å². The highest BCUT2D eigenvalue weighted by molar-refractivity contribution is 5.96. The van der Waals surface area contributed by atoms with Gasteiger partial charge >= 0.3 is 0 Å². The molecule has 0 fully saturated rings. The molecular weight excluding hydrogens is 218 g/mol. The van der Waals surface area contributed by atoms with Crippen LogP contribution in [0.15, 0.2) is 0 Å². The van der Waals surface area contributed by atoms with E-state index in [-0.39, 0.29) is 5.91 Å². The van der Waals surface area contributed by atoms with E-state index >= 15 is 0 Å². The Bertz CT molecular complexity index is 385. The van der Waals surface area contributed by atoms with E-state index in [0.29, 0.717) is 18.7 Å². The number of aromatic nitrogens is 2. The lowest BCUT2D eigenvalue weighted by molar-refractivity contribution is 0.0943. The Kier molecular flexibility index (Phi) is 5.15. The van der Waals surface area contributed by atoms with Crippen LogP contribution in [-0.2, 0) is 11.8 Å². The SMILES string of the molecule is CCOCCCNC(=O)c1c(C)nn(C)c1C. The van der Waals surface area contributed by atoms with Gasteiger partial charge in [-0.3, -0.25) is 9.48 Å². The van der Waals surface area contributed by atoms with Crippen molar-refractivity contribution in [3.05, 3.63) is 17.0 Å².